The highest BCUT2D eigenvalue weighted by atomic mass is 19.1. The average molecular weight is 403 g/mol. The molecule has 2 aliphatic heterocycles. The van der Waals surface area contributed by atoms with Crippen LogP contribution in [-0.4, -0.2) is 59.4 Å². The lowest BCUT2D eigenvalue weighted by Gasteiger charge is -2.33. The molecule has 1 saturated carbocycles. The number of carbonyl (C=O) groups excluding carboxylic acids is 3. The van der Waals surface area contributed by atoms with Gasteiger partial charge in [-0.2, -0.15) is 0 Å². The minimum Gasteiger partial charge on any atom is -0.490 e. The summed E-state index contributed by atoms with van der Waals surface area (Å²) in [6, 6.07) is 5.75. The van der Waals surface area contributed by atoms with Crippen molar-refractivity contribution >= 4 is 17.8 Å². The molecule has 1 aromatic carbocycles. The number of hydrogen-bond acceptors (Lipinski definition) is 4. The number of hydrogen-bond donors (Lipinski definition) is 1. The molecule has 2 heterocycles. The van der Waals surface area contributed by atoms with E-state index in [1.807, 2.05) is 0 Å². The Kier molecular flexibility index (Phi) is 5.19. The van der Waals surface area contributed by atoms with Crippen molar-refractivity contribution in [3.05, 3.63) is 30.1 Å². The van der Waals surface area contributed by atoms with Crippen LogP contribution in [0.25, 0.3) is 0 Å². The van der Waals surface area contributed by atoms with Crippen molar-refractivity contribution in [2.45, 2.75) is 38.1 Å². The first-order chi connectivity index (χ1) is 13.9. The first-order valence-corrected chi connectivity index (χ1v) is 10.2. The van der Waals surface area contributed by atoms with E-state index in [-0.39, 0.29) is 35.9 Å². The number of benzene rings is 1. The van der Waals surface area contributed by atoms with Crippen LogP contribution < -0.4 is 10.1 Å². The molecule has 1 aliphatic carbocycles. The average Bonchev–Trinajstić information content (AvgIpc) is 3.53. The lowest BCUT2D eigenvalue weighted by Crippen LogP contribution is -2.49. The van der Waals surface area contributed by atoms with Crippen LogP contribution in [0.4, 0.5) is 9.18 Å². The SMILES string of the molecule is CC1(C2CC2)NC(=O)N(CC(=O)N2CCCC(COc3ccccc3F)C2)C1=O. The molecule has 1 N–H and O–H groups in total. The topological polar surface area (TPSA) is 79.0 Å². The second-order valence-electron chi connectivity index (χ2n) is 8.39. The summed E-state index contributed by atoms with van der Waals surface area (Å²) in [6.45, 7) is 2.86. The Hall–Kier alpha value is -2.64. The van der Waals surface area contributed by atoms with Gasteiger partial charge < -0.3 is 15.0 Å². The van der Waals surface area contributed by atoms with Crippen molar-refractivity contribution in [3.8, 4) is 5.75 Å². The summed E-state index contributed by atoms with van der Waals surface area (Å²) in [5.74, 6) is -0.525. The predicted octanol–water partition coefficient (Wildman–Crippen LogP) is 2.16. The van der Waals surface area contributed by atoms with Crippen molar-refractivity contribution in [2.75, 3.05) is 26.2 Å². The van der Waals surface area contributed by atoms with Gasteiger partial charge in [0, 0.05) is 19.0 Å². The molecule has 3 fully saturated rings. The highest BCUT2D eigenvalue weighted by Crippen LogP contribution is 2.42. The standard InChI is InChI=1S/C21H26FN3O4/c1-21(15-8-9-15)19(27)25(20(28)23-21)12-18(26)24-10-4-5-14(11-24)13-29-17-7-3-2-6-16(17)22/h2-3,6-7,14-15H,4-5,8-13H2,1H3,(H,23,28). The monoisotopic (exact) mass is 403 g/mol. The molecule has 1 aromatic rings. The van der Waals surface area contributed by atoms with Crippen LogP contribution in [0.2, 0.25) is 0 Å². The summed E-state index contributed by atoms with van der Waals surface area (Å²) in [7, 11) is 0. The zero-order valence-electron chi connectivity index (χ0n) is 16.5. The third-order valence-electron chi connectivity index (χ3n) is 6.17. The first-order valence-electron chi connectivity index (χ1n) is 10.2. The third kappa shape index (κ3) is 3.93. The number of imide groups is 1. The Morgan fingerprint density at radius 2 is 2.03 bits per heavy atom. The first kappa shape index (κ1) is 19.7. The molecule has 3 aliphatic rings. The Morgan fingerprint density at radius 1 is 1.28 bits per heavy atom. The van der Waals surface area contributed by atoms with Gasteiger partial charge in [0.15, 0.2) is 11.6 Å². The van der Waals surface area contributed by atoms with E-state index in [0.29, 0.717) is 19.7 Å². The van der Waals surface area contributed by atoms with Gasteiger partial charge in [-0.25, -0.2) is 9.18 Å². The van der Waals surface area contributed by atoms with Crippen molar-refractivity contribution in [3.63, 3.8) is 0 Å². The fraction of sp³-hybridized carbons (Fsp3) is 0.571. The fourth-order valence-electron chi connectivity index (χ4n) is 4.23. The molecule has 0 spiro atoms. The largest absolute Gasteiger partial charge is 0.490 e. The van der Waals surface area contributed by atoms with Crippen LogP contribution >= 0.6 is 0 Å². The van der Waals surface area contributed by atoms with Crippen LogP contribution in [0.1, 0.15) is 32.6 Å². The molecule has 2 atom stereocenters. The summed E-state index contributed by atoms with van der Waals surface area (Å²) < 4.78 is 19.3. The lowest BCUT2D eigenvalue weighted by atomic mass is 9.96. The van der Waals surface area contributed by atoms with E-state index in [1.54, 1.807) is 30.0 Å². The van der Waals surface area contributed by atoms with E-state index in [2.05, 4.69) is 5.32 Å². The number of urea groups is 1. The number of likely N-dealkylation sites (tertiary alicyclic amines) is 1. The summed E-state index contributed by atoms with van der Waals surface area (Å²) in [5.41, 5.74) is -0.880. The third-order valence-corrected chi connectivity index (χ3v) is 6.17. The van der Waals surface area contributed by atoms with Crippen LogP contribution in [0, 0.1) is 17.7 Å². The molecule has 2 saturated heterocycles. The van der Waals surface area contributed by atoms with Gasteiger partial charge in [-0.15, -0.1) is 0 Å². The maximum absolute atomic E-state index is 13.7. The molecule has 7 nitrogen and oxygen atoms in total. The van der Waals surface area contributed by atoms with Gasteiger partial charge in [0.1, 0.15) is 12.1 Å². The lowest BCUT2D eigenvalue weighted by molar-refractivity contribution is -0.140. The zero-order chi connectivity index (χ0) is 20.6. The molecule has 29 heavy (non-hydrogen) atoms. The zero-order valence-corrected chi connectivity index (χ0v) is 16.5. The number of nitrogens with zero attached hydrogens (tertiary/aromatic N) is 2. The minimum absolute atomic E-state index is 0.0761. The number of rotatable bonds is 6. The van der Waals surface area contributed by atoms with E-state index < -0.39 is 17.4 Å². The molecular weight excluding hydrogens is 377 g/mol. The number of amides is 4. The Morgan fingerprint density at radius 3 is 2.76 bits per heavy atom. The minimum atomic E-state index is -0.880. The Labute approximate surface area is 169 Å². The van der Waals surface area contributed by atoms with Crippen LogP contribution in [0.3, 0.4) is 0 Å². The molecular formula is C21H26FN3O4. The van der Waals surface area contributed by atoms with Gasteiger partial charge >= 0.3 is 6.03 Å². The van der Waals surface area contributed by atoms with E-state index in [1.165, 1.54) is 6.07 Å². The number of halogens is 1. The van der Waals surface area contributed by atoms with Gasteiger partial charge in [-0.05, 0) is 50.7 Å². The van der Waals surface area contributed by atoms with Gasteiger partial charge in [0.25, 0.3) is 5.91 Å². The number of para-hydroxylation sites is 1. The molecule has 2 unspecified atom stereocenters. The molecule has 156 valence electrons. The van der Waals surface area contributed by atoms with Crippen LogP contribution in [-0.2, 0) is 9.59 Å². The Balaban J connectivity index is 1.32. The van der Waals surface area contributed by atoms with Gasteiger partial charge in [-0.1, -0.05) is 12.1 Å². The van der Waals surface area contributed by atoms with Crippen LogP contribution in [0.15, 0.2) is 24.3 Å². The van der Waals surface area contributed by atoms with Gasteiger partial charge in [0.05, 0.1) is 6.61 Å². The molecule has 0 radical (unpaired) electrons. The van der Waals surface area contributed by atoms with Crippen LogP contribution in [0.5, 0.6) is 5.75 Å². The van der Waals surface area contributed by atoms with E-state index in [4.69, 9.17) is 4.74 Å². The maximum Gasteiger partial charge on any atom is 0.325 e. The summed E-state index contributed by atoms with van der Waals surface area (Å²) in [4.78, 5) is 40.5. The summed E-state index contributed by atoms with van der Waals surface area (Å²) >= 11 is 0. The number of ether oxygens (including phenoxy) is 1. The quantitative estimate of drug-likeness (QED) is 0.739. The fourth-order valence-corrected chi connectivity index (χ4v) is 4.23. The number of carbonyl (C=O) groups is 3. The molecule has 0 bridgehead atoms. The smallest absolute Gasteiger partial charge is 0.325 e. The van der Waals surface area contributed by atoms with Crippen molar-refractivity contribution < 1.29 is 23.5 Å². The highest BCUT2D eigenvalue weighted by molar-refractivity contribution is 6.09. The van der Waals surface area contributed by atoms with Gasteiger partial charge in [0.2, 0.25) is 5.91 Å². The van der Waals surface area contributed by atoms with Gasteiger partial charge in [-0.3, -0.25) is 14.5 Å². The molecule has 0 aromatic heterocycles. The molecule has 4 rings (SSSR count). The second kappa shape index (κ2) is 7.65. The van der Waals surface area contributed by atoms with Crippen molar-refractivity contribution in [1.29, 1.82) is 0 Å². The number of piperidine rings is 1. The summed E-state index contributed by atoms with van der Waals surface area (Å²) in [6.07, 6.45) is 3.51. The van der Waals surface area contributed by atoms with E-state index in [9.17, 15) is 18.8 Å². The highest BCUT2D eigenvalue weighted by Gasteiger charge is 2.56. The summed E-state index contributed by atoms with van der Waals surface area (Å²) in [5, 5.41) is 2.76. The van der Waals surface area contributed by atoms with E-state index in [0.717, 1.165) is 30.6 Å². The van der Waals surface area contributed by atoms with Crippen molar-refractivity contribution in [2.24, 2.45) is 11.8 Å². The van der Waals surface area contributed by atoms with Crippen molar-refractivity contribution in [1.82, 2.24) is 15.1 Å². The molecule has 4 amide bonds. The predicted molar refractivity (Wildman–Crippen MR) is 103 cm³/mol. The maximum atomic E-state index is 13.7. The normalized spacial score (nSPS) is 27.2. The van der Waals surface area contributed by atoms with E-state index >= 15 is 0 Å². The second-order valence-corrected chi connectivity index (χ2v) is 8.39. The molecule has 8 heteroatoms. The Bertz CT molecular complexity index is 828. The number of nitrogens with one attached hydrogen (secondary N) is 1.